The van der Waals surface area contributed by atoms with Gasteiger partial charge in [0, 0.05) is 60.6 Å². The summed E-state index contributed by atoms with van der Waals surface area (Å²) in [6.45, 7) is 4.94. The molecule has 2 fully saturated rings. The van der Waals surface area contributed by atoms with Crippen LogP contribution in [0.3, 0.4) is 0 Å². The molecule has 1 aliphatic carbocycles. The first-order valence-corrected chi connectivity index (χ1v) is 13.4. The lowest BCUT2D eigenvalue weighted by Gasteiger charge is -2.28. The maximum absolute atomic E-state index is 13.6. The van der Waals surface area contributed by atoms with Gasteiger partial charge in [0.05, 0.1) is 31.1 Å². The Morgan fingerprint density at radius 2 is 2.03 bits per heavy atom. The second-order valence-corrected chi connectivity index (χ2v) is 10.7. The third-order valence-corrected chi connectivity index (χ3v) is 7.71. The van der Waals surface area contributed by atoms with Crippen molar-refractivity contribution in [1.29, 1.82) is 0 Å². The van der Waals surface area contributed by atoms with Crippen molar-refractivity contribution in [1.82, 2.24) is 19.4 Å². The molecular formula is C29H32ClN5O2. The van der Waals surface area contributed by atoms with E-state index in [1.54, 1.807) is 6.07 Å². The van der Waals surface area contributed by atoms with Gasteiger partial charge in [0.2, 0.25) is 0 Å². The molecule has 0 amide bonds. The molecule has 1 aromatic carbocycles. The zero-order valence-corrected chi connectivity index (χ0v) is 21.8. The van der Waals surface area contributed by atoms with Gasteiger partial charge in [0.1, 0.15) is 5.65 Å². The number of anilines is 1. The Morgan fingerprint density at radius 3 is 2.78 bits per heavy atom. The van der Waals surface area contributed by atoms with Crippen LogP contribution in [-0.4, -0.2) is 65.9 Å². The highest BCUT2D eigenvalue weighted by molar-refractivity contribution is 6.30. The second-order valence-electron chi connectivity index (χ2n) is 10.3. The quantitative estimate of drug-likeness (QED) is 0.363. The summed E-state index contributed by atoms with van der Waals surface area (Å²) < 4.78 is 7.34. The minimum Gasteiger partial charge on any atom is -0.378 e. The van der Waals surface area contributed by atoms with E-state index in [2.05, 4.69) is 38.9 Å². The molecule has 0 spiro atoms. The number of hydrogen-bond donors (Lipinski definition) is 1. The average Bonchev–Trinajstić information content (AvgIpc) is 3.62. The molecule has 8 heteroatoms. The van der Waals surface area contributed by atoms with Gasteiger partial charge in [-0.2, -0.15) is 0 Å². The van der Waals surface area contributed by atoms with Crippen molar-refractivity contribution in [2.45, 2.75) is 18.9 Å². The number of benzene rings is 1. The topological polar surface area (TPSA) is 66.4 Å². The molecule has 1 unspecified atom stereocenters. The highest BCUT2D eigenvalue weighted by atomic mass is 35.5. The Labute approximate surface area is 221 Å². The van der Waals surface area contributed by atoms with Crippen LogP contribution in [0.1, 0.15) is 24.4 Å². The minimum absolute atomic E-state index is 0.0334. The van der Waals surface area contributed by atoms with Crippen LogP contribution in [0.4, 0.5) is 5.69 Å². The van der Waals surface area contributed by atoms with Gasteiger partial charge in [0.25, 0.3) is 5.56 Å². The Bertz CT molecular complexity index is 1450. The maximum atomic E-state index is 13.6. The van der Waals surface area contributed by atoms with E-state index in [-0.39, 0.29) is 11.6 Å². The van der Waals surface area contributed by atoms with Crippen molar-refractivity contribution in [3.8, 4) is 11.1 Å². The minimum atomic E-state index is -0.124. The Kier molecular flexibility index (Phi) is 6.76. The molecule has 4 aromatic rings. The van der Waals surface area contributed by atoms with E-state index in [1.807, 2.05) is 47.4 Å². The molecule has 4 heterocycles. The molecule has 0 bridgehead atoms. The van der Waals surface area contributed by atoms with E-state index >= 15 is 0 Å². The summed E-state index contributed by atoms with van der Waals surface area (Å²) in [4.78, 5) is 26.1. The van der Waals surface area contributed by atoms with E-state index in [0.717, 1.165) is 78.7 Å². The average molecular weight is 518 g/mol. The number of aromatic nitrogens is 3. The lowest BCUT2D eigenvalue weighted by Crippen LogP contribution is -2.36. The lowest BCUT2D eigenvalue weighted by atomic mass is 10.0. The van der Waals surface area contributed by atoms with Crippen LogP contribution < -0.4 is 10.5 Å². The van der Waals surface area contributed by atoms with Crippen molar-refractivity contribution in [3.63, 3.8) is 0 Å². The number of H-pyrrole nitrogens is 1. The molecule has 1 saturated heterocycles. The molecule has 1 saturated carbocycles. The van der Waals surface area contributed by atoms with E-state index in [4.69, 9.17) is 16.3 Å². The number of fused-ring (bicyclic) bond motifs is 1. The van der Waals surface area contributed by atoms with Gasteiger partial charge in [-0.05, 0) is 61.2 Å². The number of pyridine rings is 2. The molecule has 1 aliphatic heterocycles. The summed E-state index contributed by atoms with van der Waals surface area (Å²) in [6, 6.07) is 13.7. The van der Waals surface area contributed by atoms with Gasteiger partial charge >= 0.3 is 0 Å². The Balaban J connectivity index is 1.34. The first-order valence-electron chi connectivity index (χ1n) is 13.0. The van der Waals surface area contributed by atoms with E-state index in [9.17, 15) is 4.79 Å². The summed E-state index contributed by atoms with van der Waals surface area (Å²) in [5.41, 5.74) is 4.75. The summed E-state index contributed by atoms with van der Waals surface area (Å²) in [5.74, 6) is 0.780. The first kappa shape index (κ1) is 24.2. The molecule has 2 aliphatic rings. The standard InChI is InChI=1S/C29H32ClN5O2/c1-33(18-20-5-6-20)19-27(22-3-2-4-23(30)13-22)35-8-7-21(14-28(35)36)26-17-32-29-25(26)15-24(16-31-29)34-9-11-37-12-10-34/h2-4,7-8,13-17,20,27H,5-6,9-12,18-19H2,1H3,(H,31,32). The smallest absolute Gasteiger partial charge is 0.251 e. The Hall–Kier alpha value is -3.13. The zero-order chi connectivity index (χ0) is 25.4. The van der Waals surface area contributed by atoms with Crippen LogP contribution in [0.2, 0.25) is 5.02 Å². The summed E-state index contributed by atoms with van der Waals surface area (Å²) in [5, 5.41) is 1.69. The van der Waals surface area contributed by atoms with Crippen LogP contribution in [0, 0.1) is 5.92 Å². The number of likely N-dealkylation sites (N-methyl/N-ethyl adjacent to an activating group) is 1. The van der Waals surface area contributed by atoms with Crippen LogP contribution in [0.15, 0.2) is 65.8 Å². The first-order chi connectivity index (χ1) is 18.0. The van der Waals surface area contributed by atoms with E-state index < -0.39 is 0 Å². The zero-order valence-electron chi connectivity index (χ0n) is 21.1. The second kappa shape index (κ2) is 10.3. The van der Waals surface area contributed by atoms with Crippen molar-refractivity contribution in [2.75, 3.05) is 51.3 Å². The van der Waals surface area contributed by atoms with Crippen LogP contribution >= 0.6 is 11.6 Å². The lowest BCUT2D eigenvalue weighted by molar-refractivity contribution is 0.122. The molecule has 1 atom stereocenters. The molecule has 37 heavy (non-hydrogen) atoms. The van der Waals surface area contributed by atoms with Gasteiger partial charge in [-0.25, -0.2) is 4.98 Å². The van der Waals surface area contributed by atoms with Gasteiger partial charge in [-0.15, -0.1) is 0 Å². The van der Waals surface area contributed by atoms with Crippen molar-refractivity contribution < 1.29 is 4.74 Å². The van der Waals surface area contributed by atoms with Gasteiger partial charge in [0.15, 0.2) is 0 Å². The molecule has 7 nitrogen and oxygen atoms in total. The highest BCUT2D eigenvalue weighted by Crippen LogP contribution is 2.32. The fraction of sp³-hybridized carbons (Fsp3) is 0.379. The number of nitrogens with zero attached hydrogens (tertiary/aromatic N) is 4. The number of nitrogens with one attached hydrogen (secondary N) is 1. The number of rotatable bonds is 8. The number of hydrogen-bond acceptors (Lipinski definition) is 5. The van der Waals surface area contributed by atoms with Crippen LogP contribution in [0.5, 0.6) is 0 Å². The molecule has 3 aromatic heterocycles. The third kappa shape index (κ3) is 5.30. The number of aromatic amines is 1. The Morgan fingerprint density at radius 1 is 1.19 bits per heavy atom. The molecule has 192 valence electrons. The highest BCUT2D eigenvalue weighted by Gasteiger charge is 2.25. The molecule has 0 radical (unpaired) electrons. The normalized spacial score (nSPS) is 17.0. The van der Waals surface area contributed by atoms with E-state index in [1.165, 1.54) is 12.8 Å². The number of ether oxygens (including phenoxy) is 1. The summed E-state index contributed by atoms with van der Waals surface area (Å²) in [6.07, 6.45) is 8.37. The molecule has 6 rings (SSSR count). The molecular weight excluding hydrogens is 486 g/mol. The predicted octanol–water partition coefficient (Wildman–Crippen LogP) is 4.81. The fourth-order valence-electron chi connectivity index (χ4n) is 5.32. The van der Waals surface area contributed by atoms with Gasteiger partial charge in [-0.3, -0.25) is 4.79 Å². The largest absolute Gasteiger partial charge is 0.378 e. The van der Waals surface area contributed by atoms with Gasteiger partial charge < -0.3 is 24.1 Å². The SMILES string of the molecule is CN(CC1CC1)CC(c1cccc(Cl)c1)n1ccc(-c2c[nH]c3ncc(N4CCOCC4)cc23)cc1=O. The summed E-state index contributed by atoms with van der Waals surface area (Å²) >= 11 is 6.34. The predicted molar refractivity (Wildman–Crippen MR) is 149 cm³/mol. The van der Waals surface area contributed by atoms with Gasteiger partial charge in [-0.1, -0.05) is 23.7 Å². The third-order valence-electron chi connectivity index (χ3n) is 7.47. The van der Waals surface area contributed by atoms with Crippen molar-refractivity contribution >= 4 is 28.3 Å². The fourth-order valence-corrected chi connectivity index (χ4v) is 5.52. The van der Waals surface area contributed by atoms with E-state index in [0.29, 0.717) is 5.02 Å². The van der Waals surface area contributed by atoms with Crippen LogP contribution in [0.25, 0.3) is 22.2 Å². The molecule has 1 N–H and O–H groups in total. The number of halogens is 1. The monoisotopic (exact) mass is 517 g/mol. The number of morpholine rings is 1. The summed E-state index contributed by atoms with van der Waals surface area (Å²) in [7, 11) is 2.14. The van der Waals surface area contributed by atoms with Crippen molar-refractivity contribution in [2.24, 2.45) is 5.92 Å². The van der Waals surface area contributed by atoms with Crippen molar-refractivity contribution in [3.05, 3.63) is 82.0 Å². The maximum Gasteiger partial charge on any atom is 0.251 e. The van der Waals surface area contributed by atoms with Crippen LogP contribution in [-0.2, 0) is 4.74 Å².